The average Bonchev–Trinajstić information content (AvgIpc) is 3.77. The number of carbonyl (C=O) groups excluding carboxylic acids is 8. The van der Waals surface area contributed by atoms with Crippen molar-refractivity contribution in [3.63, 3.8) is 0 Å². The fourth-order valence-corrected chi connectivity index (χ4v) is 5.17. The molecule has 2 unspecified atom stereocenters. The van der Waals surface area contributed by atoms with Gasteiger partial charge in [0.05, 0.1) is 39.3 Å². The molecule has 4 fully saturated rings. The van der Waals surface area contributed by atoms with Crippen LogP contribution in [-0.4, -0.2) is 119 Å². The minimum Gasteiger partial charge on any atom is -0.379 e. The third kappa shape index (κ3) is 7.47. The van der Waals surface area contributed by atoms with E-state index in [9.17, 15) is 38.4 Å². The van der Waals surface area contributed by atoms with Crippen LogP contribution in [0.4, 0.5) is 0 Å². The zero-order valence-electron chi connectivity index (χ0n) is 23.2. The van der Waals surface area contributed by atoms with Crippen molar-refractivity contribution in [3.05, 3.63) is 0 Å². The summed E-state index contributed by atoms with van der Waals surface area (Å²) < 4.78 is 10.9. The fourth-order valence-electron chi connectivity index (χ4n) is 5.17. The van der Waals surface area contributed by atoms with Crippen LogP contribution < -0.4 is 0 Å². The second-order valence-corrected chi connectivity index (χ2v) is 10.2. The standard InChI is InChI=1S/C26H34N4O12/c31-19(27-11-1-3-17(27)25(37)41-29-21(33)5-6-22(29)34)9-13-39-15-16-40-14-10-20(32)28-12-2-4-18(28)26(38)42-30-23(35)7-8-24(30)36/h17-18H,1-16H2. The Morgan fingerprint density at radius 1 is 0.571 bits per heavy atom. The number of ether oxygens (including phenoxy) is 2. The lowest BCUT2D eigenvalue weighted by Gasteiger charge is -2.24. The van der Waals surface area contributed by atoms with Crippen LogP contribution in [0.1, 0.15) is 64.2 Å². The average molecular weight is 595 g/mol. The largest absolute Gasteiger partial charge is 0.379 e. The fraction of sp³-hybridized carbons (Fsp3) is 0.692. The highest BCUT2D eigenvalue weighted by atomic mass is 16.7. The Morgan fingerprint density at radius 2 is 0.929 bits per heavy atom. The summed E-state index contributed by atoms with van der Waals surface area (Å²) in [6.45, 7) is 1.15. The molecule has 4 aliphatic heterocycles. The van der Waals surface area contributed by atoms with Gasteiger partial charge in [-0.2, -0.15) is 0 Å². The van der Waals surface area contributed by atoms with E-state index in [0.717, 1.165) is 0 Å². The molecule has 0 aromatic rings. The molecule has 16 heteroatoms. The number of hydrogen-bond donors (Lipinski definition) is 0. The third-order valence-corrected chi connectivity index (χ3v) is 7.36. The Balaban J connectivity index is 1.08. The molecule has 42 heavy (non-hydrogen) atoms. The van der Waals surface area contributed by atoms with Gasteiger partial charge < -0.3 is 28.9 Å². The molecule has 0 aliphatic carbocycles. The number of likely N-dealkylation sites (tertiary alicyclic amines) is 2. The smallest absolute Gasteiger partial charge is 0.355 e. The number of rotatable bonds is 13. The molecule has 2 atom stereocenters. The summed E-state index contributed by atoms with van der Waals surface area (Å²) in [6, 6.07) is -1.75. The molecule has 230 valence electrons. The van der Waals surface area contributed by atoms with E-state index < -0.39 is 47.7 Å². The lowest BCUT2D eigenvalue weighted by atomic mass is 10.2. The molecule has 16 nitrogen and oxygen atoms in total. The second kappa shape index (κ2) is 14.3. The van der Waals surface area contributed by atoms with Crippen LogP contribution in [0.15, 0.2) is 0 Å². The van der Waals surface area contributed by atoms with E-state index in [1.165, 1.54) is 9.80 Å². The summed E-state index contributed by atoms with van der Waals surface area (Å²) in [7, 11) is 0. The van der Waals surface area contributed by atoms with Crippen LogP contribution in [-0.2, 0) is 57.5 Å². The van der Waals surface area contributed by atoms with Crippen LogP contribution in [0.25, 0.3) is 0 Å². The van der Waals surface area contributed by atoms with E-state index >= 15 is 0 Å². The topological polar surface area (TPSA) is 186 Å². The molecular formula is C26H34N4O12. The SMILES string of the molecule is O=C(ON1C(=O)CCC1=O)C1CCCN1C(=O)CCOCCOCCC(=O)N1CCCC1C(=O)ON1C(=O)CCC1=O. The van der Waals surface area contributed by atoms with Gasteiger partial charge in [0.2, 0.25) is 11.8 Å². The maximum Gasteiger partial charge on any atom is 0.355 e. The maximum absolute atomic E-state index is 12.6. The van der Waals surface area contributed by atoms with E-state index in [-0.39, 0.29) is 76.8 Å². The van der Waals surface area contributed by atoms with Gasteiger partial charge >= 0.3 is 11.9 Å². The predicted octanol–water partition coefficient (Wildman–Crippen LogP) is -1.00. The highest BCUT2D eigenvalue weighted by Crippen LogP contribution is 2.23. The lowest BCUT2D eigenvalue weighted by molar-refractivity contribution is -0.201. The number of hydroxylamine groups is 4. The van der Waals surface area contributed by atoms with Gasteiger partial charge in [0.1, 0.15) is 12.1 Å². The summed E-state index contributed by atoms with van der Waals surface area (Å²) in [4.78, 5) is 110. The minimum atomic E-state index is -0.873. The first-order valence-corrected chi connectivity index (χ1v) is 14.1. The first-order chi connectivity index (χ1) is 20.2. The normalized spacial score (nSPS) is 22.5. The molecule has 0 saturated carbocycles. The van der Waals surface area contributed by atoms with Crippen molar-refractivity contribution in [2.45, 2.75) is 76.3 Å². The monoisotopic (exact) mass is 594 g/mol. The van der Waals surface area contributed by atoms with Crippen molar-refractivity contribution in [2.75, 3.05) is 39.5 Å². The maximum atomic E-state index is 12.6. The molecule has 0 bridgehead atoms. The van der Waals surface area contributed by atoms with Crippen molar-refractivity contribution >= 4 is 47.4 Å². The van der Waals surface area contributed by atoms with Crippen molar-refractivity contribution in [3.8, 4) is 0 Å². The Labute approximate surface area is 241 Å². The minimum absolute atomic E-state index is 0.00487. The highest BCUT2D eigenvalue weighted by Gasteiger charge is 2.41. The molecule has 0 N–H and O–H groups in total. The van der Waals surface area contributed by atoms with Gasteiger partial charge in [0.15, 0.2) is 0 Å². The van der Waals surface area contributed by atoms with Gasteiger partial charge in [0, 0.05) is 38.8 Å². The van der Waals surface area contributed by atoms with Gasteiger partial charge in [-0.05, 0) is 25.7 Å². The van der Waals surface area contributed by atoms with E-state index in [2.05, 4.69) is 0 Å². The van der Waals surface area contributed by atoms with Crippen LogP contribution in [0.2, 0.25) is 0 Å². The lowest BCUT2D eigenvalue weighted by Crippen LogP contribution is -2.45. The van der Waals surface area contributed by atoms with Crippen molar-refractivity contribution in [1.82, 2.24) is 19.9 Å². The van der Waals surface area contributed by atoms with Crippen LogP contribution >= 0.6 is 0 Å². The number of carbonyl (C=O) groups is 8. The molecule has 4 rings (SSSR count). The third-order valence-electron chi connectivity index (χ3n) is 7.36. The zero-order valence-corrected chi connectivity index (χ0v) is 23.2. The van der Waals surface area contributed by atoms with E-state index in [0.29, 0.717) is 48.9 Å². The summed E-state index contributed by atoms with van der Waals surface area (Å²) in [5.74, 6) is -4.61. The zero-order chi connectivity index (χ0) is 30.2. The predicted molar refractivity (Wildman–Crippen MR) is 135 cm³/mol. The molecule has 0 spiro atoms. The molecule has 4 aliphatic rings. The molecular weight excluding hydrogens is 560 g/mol. The summed E-state index contributed by atoms with van der Waals surface area (Å²) in [5, 5.41) is 0.943. The van der Waals surface area contributed by atoms with Gasteiger partial charge in [-0.3, -0.25) is 28.8 Å². The number of amides is 6. The summed E-state index contributed by atoms with van der Waals surface area (Å²) >= 11 is 0. The second-order valence-electron chi connectivity index (χ2n) is 10.2. The van der Waals surface area contributed by atoms with Crippen molar-refractivity contribution < 1.29 is 57.5 Å². The number of nitrogens with zero attached hydrogens (tertiary/aromatic N) is 4. The Hall–Kier alpha value is -3.92. The molecule has 0 aromatic carbocycles. The number of hydrogen-bond acceptors (Lipinski definition) is 12. The van der Waals surface area contributed by atoms with Gasteiger partial charge in [-0.15, -0.1) is 10.1 Å². The Bertz CT molecular complexity index is 1010. The highest BCUT2D eigenvalue weighted by molar-refractivity contribution is 6.02. The Kier molecular flexibility index (Phi) is 10.6. The number of imide groups is 2. The molecule has 0 aromatic heterocycles. The van der Waals surface area contributed by atoms with Crippen LogP contribution in [0, 0.1) is 0 Å². The Morgan fingerprint density at radius 3 is 1.29 bits per heavy atom. The van der Waals surface area contributed by atoms with Gasteiger partial charge in [-0.1, -0.05) is 0 Å². The summed E-state index contributed by atoms with van der Waals surface area (Å²) in [6.07, 6.45) is 1.85. The van der Waals surface area contributed by atoms with E-state index in [1.54, 1.807) is 0 Å². The van der Waals surface area contributed by atoms with Crippen molar-refractivity contribution in [1.29, 1.82) is 0 Å². The van der Waals surface area contributed by atoms with Crippen LogP contribution in [0.3, 0.4) is 0 Å². The molecule has 4 heterocycles. The first-order valence-electron chi connectivity index (χ1n) is 14.1. The van der Waals surface area contributed by atoms with Gasteiger partial charge in [-0.25, -0.2) is 9.59 Å². The first kappa shape index (κ1) is 31.0. The van der Waals surface area contributed by atoms with Crippen molar-refractivity contribution in [2.24, 2.45) is 0 Å². The quantitative estimate of drug-likeness (QED) is 0.187. The molecule has 0 radical (unpaired) electrons. The van der Waals surface area contributed by atoms with E-state index in [4.69, 9.17) is 19.1 Å². The van der Waals surface area contributed by atoms with Crippen LogP contribution in [0.5, 0.6) is 0 Å². The summed E-state index contributed by atoms with van der Waals surface area (Å²) in [5.41, 5.74) is 0. The molecule has 4 saturated heterocycles. The van der Waals surface area contributed by atoms with E-state index in [1.807, 2.05) is 0 Å². The van der Waals surface area contributed by atoms with Gasteiger partial charge in [0.25, 0.3) is 23.6 Å². The molecule has 6 amide bonds.